The van der Waals surface area contributed by atoms with Gasteiger partial charge in [0, 0.05) is 21.8 Å². The fraction of sp³-hybridized carbons (Fsp3) is 0.100. The van der Waals surface area contributed by atoms with Crippen molar-refractivity contribution < 1.29 is 4.79 Å². The van der Waals surface area contributed by atoms with Crippen molar-refractivity contribution in [3.63, 3.8) is 0 Å². The molecule has 1 heterocycles. The second-order valence-corrected chi connectivity index (χ2v) is 3.93. The van der Waals surface area contributed by atoms with Gasteiger partial charge in [-0.25, -0.2) is 4.98 Å². The molecule has 4 heteroatoms. The summed E-state index contributed by atoms with van der Waals surface area (Å²) in [4.78, 5) is 25.5. The molecule has 3 nitrogen and oxygen atoms in total. The molecule has 0 amide bonds. The fourth-order valence-electron chi connectivity index (χ4n) is 1.19. The first kappa shape index (κ1) is 9.02. The van der Waals surface area contributed by atoms with Crippen LogP contribution in [0.4, 0.5) is 0 Å². The van der Waals surface area contributed by atoms with E-state index in [1.165, 1.54) is 13.1 Å². The third-order valence-corrected chi connectivity index (χ3v) is 2.78. The number of aromatic nitrogens is 1. The normalized spacial score (nSPS) is 10.4. The summed E-state index contributed by atoms with van der Waals surface area (Å²) < 4.78 is 0.803. The van der Waals surface area contributed by atoms with Crippen molar-refractivity contribution in [1.29, 1.82) is 0 Å². The highest BCUT2D eigenvalue weighted by Crippen LogP contribution is 2.16. The summed E-state index contributed by atoms with van der Waals surface area (Å²) in [6, 6.07) is 5.27. The van der Waals surface area contributed by atoms with Gasteiger partial charge in [0.05, 0.1) is 0 Å². The Morgan fingerprint density at radius 2 is 2.21 bits per heavy atom. The number of benzene rings is 1. The summed E-state index contributed by atoms with van der Waals surface area (Å²) in [5.74, 6) is 0.00311. The van der Waals surface area contributed by atoms with Gasteiger partial charge < -0.3 is 0 Å². The summed E-state index contributed by atoms with van der Waals surface area (Å²) in [7, 11) is 0. The van der Waals surface area contributed by atoms with Crippen molar-refractivity contribution >= 4 is 27.2 Å². The van der Waals surface area contributed by atoms with Crippen LogP contribution < -0.4 is 4.87 Å². The molecule has 0 spiro atoms. The minimum Gasteiger partial charge on any atom is -0.295 e. The third-order valence-electron chi connectivity index (χ3n) is 1.93. The molecule has 0 saturated carbocycles. The van der Waals surface area contributed by atoms with Gasteiger partial charge in [0.15, 0.2) is 5.78 Å². The maximum Gasteiger partial charge on any atom is 0.326 e. The number of carbonyl (C=O) groups is 1. The van der Waals surface area contributed by atoms with Crippen LogP contribution in [0.1, 0.15) is 17.3 Å². The van der Waals surface area contributed by atoms with Crippen LogP contribution in [0.25, 0.3) is 10.1 Å². The Labute approximate surface area is 84.0 Å². The fourth-order valence-corrected chi connectivity index (χ4v) is 1.91. The maximum atomic E-state index is 11.1. The Bertz CT molecular complexity index is 559. The third kappa shape index (κ3) is 1.56. The summed E-state index contributed by atoms with van der Waals surface area (Å²) in [5.41, 5.74) is 0.624. The highest BCUT2D eigenvalue weighted by Gasteiger charge is 2.01. The van der Waals surface area contributed by atoms with Gasteiger partial charge in [-0.15, -0.1) is 0 Å². The van der Waals surface area contributed by atoms with Crippen LogP contribution in [-0.4, -0.2) is 10.8 Å². The molecule has 1 aromatic carbocycles. The summed E-state index contributed by atoms with van der Waals surface area (Å²) in [6.07, 6.45) is 1.53. The SMILES string of the molecule is CC(=O)c1ccc2cnc(=O)sc2c1. The molecule has 1 aromatic heterocycles. The molecule has 2 aromatic rings. The van der Waals surface area contributed by atoms with E-state index in [0.717, 1.165) is 21.4 Å². The van der Waals surface area contributed by atoms with E-state index in [4.69, 9.17) is 0 Å². The molecule has 0 N–H and O–H groups in total. The largest absolute Gasteiger partial charge is 0.326 e. The van der Waals surface area contributed by atoms with Gasteiger partial charge in [-0.3, -0.25) is 9.59 Å². The van der Waals surface area contributed by atoms with Crippen molar-refractivity contribution in [2.45, 2.75) is 6.92 Å². The van der Waals surface area contributed by atoms with Gasteiger partial charge in [0.25, 0.3) is 0 Å². The number of ketones is 1. The van der Waals surface area contributed by atoms with Crippen molar-refractivity contribution in [3.8, 4) is 0 Å². The molecule has 2 rings (SSSR count). The van der Waals surface area contributed by atoms with Crippen molar-refractivity contribution in [1.82, 2.24) is 4.98 Å². The second kappa shape index (κ2) is 3.31. The van der Waals surface area contributed by atoms with Gasteiger partial charge in [-0.2, -0.15) is 0 Å². The predicted octanol–water partition coefficient (Wildman–Crippen LogP) is 1.86. The van der Waals surface area contributed by atoms with Gasteiger partial charge in [0.1, 0.15) is 0 Å². The molecule has 0 unspecified atom stereocenters. The summed E-state index contributed by atoms with van der Waals surface area (Å²) >= 11 is 1.05. The van der Waals surface area contributed by atoms with Crippen molar-refractivity contribution in [2.24, 2.45) is 0 Å². The van der Waals surface area contributed by atoms with Crippen LogP contribution in [-0.2, 0) is 0 Å². The lowest BCUT2D eigenvalue weighted by Crippen LogP contribution is -1.98. The number of Topliss-reactive ketones (excluding diaryl/α,β-unsaturated/α-hetero) is 1. The van der Waals surface area contributed by atoms with Crippen LogP contribution >= 0.6 is 11.3 Å². The average Bonchev–Trinajstić information content (AvgIpc) is 2.16. The average molecular weight is 205 g/mol. The van der Waals surface area contributed by atoms with Crippen LogP contribution in [0.2, 0.25) is 0 Å². The van der Waals surface area contributed by atoms with Crippen LogP contribution in [0.15, 0.2) is 29.2 Å². The molecule has 0 saturated heterocycles. The van der Waals surface area contributed by atoms with Gasteiger partial charge in [-0.1, -0.05) is 23.5 Å². The van der Waals surface area contributed by atoms with E-state index >= 15 is 0 Å². The Hall–Kier alpha value is -1.55. The lowest BCUT2D eigenvalue weighted by atomic mass is 10.1. The standard InChI is InChI=1S/C10H7NO2S/c1-6(12)7-2-3-8-5-11-10(13)14-9(8)4-7/h2-5H,1H3. The number of carbonyl (C=O) groups excluding carboxylic acids is 1. The van der Waals surface area contributed by atoms with Crippen molar-refractivity contribution in [3.05, 3.63) is 39.6 Å². The van der Waals surface area contributed by atoms with Crippen LogP contribution in [0.5, 0.6) is 0 Å². The Morgan fingerprint density at radius 1 is 1.43 bits per heavy atom. The first-order chi connectivity index (χ1) is 6.66. The van der Waals surface area contributed by atoms with E-state index in [2.05, 4.69) is 4.98 Å². The molecular formula is C10H7NO2S. The Kier molecular flexibility index (Phi) is 2.13. The molecule has 70 valence electrons. The minimum atomic E-state index is -0.238. The lowest BCUT2D eigenvalue weighted by Gasteiger charge is -1.97. The smallest absolute Gasteiger partial charge is 0.295 e. The first-order valence-electron chi connectivity index (χ1n) is 4.08. The first-order valence-corrected chi connectivity index (χ1v) is 4.89. The Balaban J connectivity index is 2.75. The number of nitrogens with zero attached hydrogens (tertiary/aromatic N) is 1. The van der Waals surface area contributed by atoms with E-state index in [0.29, 0.717) is 5.56 Å². The number of hydrogen-bond acceptors (Lipinski definition) is 4. The van der Waals surface area contributed by atoms with Gasteiger partial charge in [0.2, 0.25) is 0 Å². The molecule has 0 aliphatic heterocycles. The zero-order chi connectivity index (χ0) is 10.1. The number of rotatable bonds is 1. The van der Waals surface area contributed by atoms with E-state index in [1.807, 2.05) is 0 Å². The maximum absolute atomic E-state index is 11.1. The van der Waals surface area contributed by atoms with E-state index in [-0.39, 0.29) is 10.7 Å². The molecular weight excluding hydrogens is 198 g/mol. The zero-order valence-corrected chi connectivity index (χ0v) is 8.30. The van der Waals surface area contributed by atoms with Gasteiger partial charge >= 0.3 is 4.87 Å². The quantitative estimate of drug-likeness (QED) is 0.667. The summed E-state index contributed by atoms with van der Waals surface area (Å²) in [6.45, 7) is 1.51. The highest BCUT2D eigenvalue weighted by atomic mass is 32.1. The molecule has 14 heavy (non-hydrogen) atoms. The lowest BCUT2D eigenvalue weighted by molar-refractivity contribution is 0.101. The van der Waals surface area contributed by atoms with Crippen molar-refractivity contribution in [2.75, 3.05) is 0 Å². The molecule has 0 atom stereocenters. The molecule has 0 radical (unpaired) electrons. The second-order valence-electron chi connectivity index (χ2n) is 2.93. The molecule has 0 fully saturated rings. The Morgan fingerprint density at radius 3 is 2.93 bits per heavy atom. The number of hydrogen-bond donors (Lipinski definition) is 0. The molecule has 0 aliphatic rings. The molecule has 0 aliphatic carbocycles. The minimum absolute atomic E-state index is 0.00311. The monoisotopic (exact) mass is 205 g/mol. The number of fused-ring (bicyclic) bond motifs is 1. The van der Waals surface area contributed by atoms with E-state index in [1.54, 1.807) is 18.2 Å². The predicted molar refractivity (Wildman–Crippen MR) is 55.9 cm³/mol. The topological polar surface area (TPSA) is 47.0 Å². The zero-order valence-electron chi connectivity index (χ0n) is 7.48. The molecule has 0 bridgehead atoms. The highest BCUT2D eigenvalue weighted by molar-refractivity contribution is 7.16. The van der Waals surface area contributed by atoms with E-state index in [9.17, 15) is 9.59 Å². The van der Waals surface area contributed by atoms with Crippen LogP contribution in [0.3, 0.4) is 0 Å². The summed E-state index contributed by atoms with van der Waals surface area (Å²) in [5, 5.41) is 0.889. The van der Waals surface area contributed by atoms with Crippen LogP contribution in [0, 0.1) is 0 Å². The van der Waals surface area contributed by atoms with Gasteiger partial charge in [-0.05, 0) is 13.0 Å². The van der Waals surface area contributed by atoms with E-state index < -0.39 is 0 Å².